The van der Waals surface area contributed by atoms with Crippen LogP contribution < -0.4 is 10.5 Å². The van der Waals surface area contributed by atoms with E-state index in [0.717, 1.165) is 11.3 Å². The van der Waals surface area contributed by atoms with Gasteiger partial charge in [-0.15, -0.1) is 11.6 Å². The quantitative estimate of drug-likeness (QED) is 0.397. The van der Waals surface area contributed by atoms with Crippen LogP contribution in [0.1, 0.15) is 10.9 Å². The van der Waals surface area contributed by atoms with Crippen molar-refractivity contribution < 1.29 is 14.3 Å². The highest BCUT2D eigenvalue weighted by Gasteiger charge is 2.16. The number of primary amides is 1. The summed E-state index contributed by atoms with van der Waals surface area (Å²) in [4.78, 5) is 11.3. The summed E-state index contributed by atoms with van der Waals surface area (Å²) in [5.74, 6) is -0.0859. The minimum Gasteiger partial charge on any atom is -0.475 e. The van der Waals surface area contributed by atoms with Crippen LogP contribution in [-0.4, -0.2) is 36.0 Å². The summed E-state index contributed by atoms with van der Waals surface area (Å²) in [6, 6.07) is 14.1. The van der Waals surface area contributed by atoms with Crippen molar-refractivity contribution in [3.05, 3.63) is 64.1 Å². The number of nitrogens with two attached hydrogens (primary N) is 1. The number of methoxy groups -OCH3 is 1. The molecule has 29 heavy (non-hydrogen) atoms. The summed E-state index contributed by atoms with van der Waals surface area (Å²) >= 11 is 18.2. The van der Waals surface area contributed by atoms with Crippen LogP contribution in [0.4, 0.5) is 0 Å². The predicted octanol–water partition coefficient (Wildman–Crippen LogP) is 4.64. The van der Waals surface area contributed by atoms with Crippen molar-refractivity contribution in [1.82, 2.24) is 9.78 Å². The smallest absolute Gasteiger partial charge is 0.240 e. The maximum Gasteiger partial charge on any atom is 0.240 e. The number of ether oxygens (including phenoxy) is 2. The first kappa shape index (κ1) is 21.5. The lowest BCUT2D eigenvalue weighted by molar-refractivity contribution is -0.117. The van der Waals surface area contributed by atoms with Gasteiger partial charge in [0, 0.05) is 18.7 Å². The fraction of sp³-hybridized carbons (Fsp3) is 0.200. The van der Waals surface area contributed by atoms with Crippen LogP contribution in [0, 0.1) is 0 Å². The first-order valence-corrected chi connectivity index (χ1v) is 9.81. The molecule has 0 aliphatic carbocycles. The van der Waals surface area contributed by atoms with E-state index < -0.39 is 11.3 Å². The number of halogens is 3. The van der Waals surface area contributed by atoms with Gasteiger partial charge in [0.2, 0.25) is 11.8 Å². The summed E-state index contributed by atoms with van der Waals surface area (Å²) in [5.41, 5.74) is 8.03. The Kier molecular flexibility index (Phi) is 7.03. The number of alkyl halides is 1. The Hall–Kier alpha value is -2.25. The van der Waals surface area contributed by atoms with Crippen LogP contribution >= 0.6 is 34.8 Å². The lowest BCUT2D eigenvalue weighted by atomic mass is 10.1. The van der Waals surface area contributed by atoms with Gasteiger partial charge in [0.25, 0.3) is 0 Å². The molecule has 1 amide bonds. The SMILES string of the molecule is COCCOc1cc(-c2ccc(Cl)c(Cl)c2)nn1-c1ccc(C(Cl)C(N)=O)cc1. The molecule has 3 aromatic rings. The third kappa shape index (κ3) is 5.03. The molecule has 1 aromatic heterocycles. The highest BCUT2D eigenvalue weighted by Crippen LogP contribution is 2.31. The minimum atomic E-state index is -0.897. The minimum absolute atomic E-state index is 0.354. The van der Waals surface area contributed by atoms with E-state index in [1.807, 2.05) is 6.07 Å². The number of nitrogens with zero attached hydrogens (tertiary/aromatic N) is 2. The molecule has 9 heteroatoms. The van der Waals surface area contributed by atoms with Gasteiger partial charge in [-0.2, -0.15) is 5.10 Å². The Morgan fingerprint density at radius 3 is 2.45 bits per heavy atom. The Labute approximate surface area is 183 Å². The zero-order valence-electron chi connectivity index (χ0n) is 15.4. The molecule has 1 unspecified atom stereocenters. The van der Waals surface area contributed by atoms with Crippen LogP contribution in [0.2, 0.25) is 10.0 Å². The molecule has 2 N–H and O–H groups in total. The van der Waals surface area contributed by atoms with E-state index in [9.17, 15) is 4.79 Å². The molecule has 1 atom stereocenters. The fourth-order valence-electron chi connectivity index (χ4n) is 2.63. The number of amides is 1. The number of carbonyl (C=O) groups excluding carboxylic acids is 1. The lowest BCUT2D eigenvalue weighted by Crippen LogP contribution is -2.17. The molecule has 0 aliphatic rings. The lowest BCUT2D eigenvalue weighted by Gasteiger charge is -2.10. The molecule has 0 bridgehead atoms. The Morgan fingerprint density at radius 1 is 1.10 bits per heavy atom. The van der Waals surface area contributed by atoms with Gasteiger partial charge >= 0.3 is 0 Å². The molecule has 0 saturated carbocycles. The molecule has 0 saturated heterocycles. The zero-order chi connectivity index (χ0) is 21.0. The van der Waals surface area contributed by atoms with Gasteiger partial charge in [-0.1, -0.05) is 41.4 Å². The van der Waals surface area contributed by atoms with Gasteiger partial charge in [0.15, 0.2) is 0 Å². The Bertz CT molecular complexity index is 1010. The fourth-order valence-corrected chi connectivity index (χ4v) is 3.07. The van der Waals surface area contributed by atoms with Crippen molar-refractivity contribution in [3.63, 3.8) is 0 Å². The Morgan fingerprint density at radius 2 is 1.83 bits per heavy atom. The first-order valence-electron chi connectivity index (χ1n) is 8.61. The molecular weight excluding hydrogens is 437 g/mol. The molecular formula is C20H18Cl3N3O3. The monoisotopic (exact) mass is 453 g/mol. The number of benzene rings is 2. The summed E-state index contributed by atoms with van der Waals surface area (Å²) in [6.45, 7) is 0.783. The van der Waals surface area contributed by atoms with E-state index >= 15 is 0 Å². The first-order chi connectivity index (χ1) is 13.9. The van der Waals surface area contributed by atoms with E-state index in [-0.39, 0.29) is 0 Å². The van der Waals surface area contributed by atoms with Gasteiger partial charge in [-0.05, 0) is 29.8 Å². The number of hydrogen-bond donors (Lipinski definition) is 1. The average Bonchev–Trinajstić information content (AvgIpc) is 3.14. The molecule has 0 fully saturated rings. The van der Waals surface area contributed by atoms with Crippen LogP contribution in [0.25, 0.3) is 16.9 Å². The highest BCUT2D eigenvalue weighted by atomic mass is 35.5. The molecule has 0 radical (unpaired) electrons. The normalized spacial score (nSPS) is 12.0. The van der Waals surface area contributed by atoms with Crippen molar-refractivity contribution in [3.8, 4) is 22.8 Å². The van der Waals surface area contributed by atoms with Gasteiger partial charge in [-0.25, -0.2) is 4.68 Å². The van der Waals surface area contributed by atoms with E-state index in [2.05, 4.69) is 5.10 Å². The van der Waals surface area contributed by atoms with Crippen LogP contribution in [0.3, 0.4) is 0 Å². The molecule has 0 aliphatic heterocycles. The summed E-state index contributed by atoms with van der Waals surface area (Å²) < 4.78 is 12.5. The van der Waals surface area contributed by atoms with Gasteiger partial charge in [0.1, 0.15) is 12.0 Å². The Balaban J connectivity index is 1.98. The van der Waals surface area contributed by atoms with E-state index in [1.54, 1.807) is 54.3 Å². The summed E-state index contributed by atoms with van der Waals surface area (Å²) in [7, 11) is 1.60. The van der Waals surface area contributed by atoms with Crippen LogP contribution in [0.15, 0.2) is 48.5 Å². The second-order valence-corrected chi connectivity index (χ2v) is 7.36. The number of rotatable bonds is 8. The standard InChI is InChI=1S/C20H18Cl3N3O3/c1-28-8-9-29-18-11-17(13-4-7-15(21)16(22)10-13)25-26(18)14-5-2-12(3-6-14)19(23)20(24)27/h2-7,10-11,19H,8-9H2,1H3,(H2,24,27). The van der Waals surface area contributed by atoms with Crippen molar-refractivity contribution >= 4 is 40.7 Å². The maximum atomic E-state index is 11.3. The van der Waals surface area contributed by atoms with Crippen molar-refractivity contribution in [2.75, 3.05) is 20.3 Å². The van der Waals surface area contributed by atoms with Crippen LogP contribution in [0.5, 0.6) is 5.88 Å². The molecule has 2 aromatic carbocycles. The van der Waals surface area contributed by atoms with Crippen LogP contribution in [-0.2, 0) is 9.53 Å². The average molecular weight is 455 g/mol. The van der Waals surface area contributed by atoms with E-state index in [0.29, 0.717) is 40.4 Å². The topological polar surface area (TPSA) is 79.4 Å². The molecule has 0 spiro atoms. The molecule has 3 rings (SSSR count). The van der Waals surface area contributed by atoms with Crippen molar-refractivity contribution in [2.45, 2.75) is 5.38 Å². The van der Waals surface area contributed by atoms with E-state index in [4.69, 9.17) is 50.0 Å². The number of carbonyl (C=O) groups is 1. The number of hydrogen-bond acceptors (Lipinski definition) is 4. The van der Waals surface area contributed by atoms with Gasteiger partial charge < -0.3 is 15.2 Å². The summed E-state index contributed by atoms with van der Waals surface area (Å²) in [5, 5.41) is 4.64. The third-order valence-electron chi connectivity index (χ3n) is 4.11. The zero-order valence-corrected chi connectivity index (χ0v) is 17.7. The second-order valence-electron chi connectivity index (χ2n) is 6.11. The predicted molar refractivity (Wildman–Crippen MR) is 114 cm³/mol. The highest BCUT2D eigenvalue weighted by molar-refractivity contribution is 6.42. The summed E-state index contributed by atoms with van der Waals surface area (Å²) in [6.07, 6.45) is 0. The van der Waals surface area contributed by atoms with Crippen molar-refractivity contribution in [1.29, 1.82) is 0 Å². The number of aromatic nitrogens is 2. The molecule has 1 heterocycles. The van der Waals surface area contributed by atoms with E-state index in [1.165, 1.54) is 0 Å². The molecule has 6 nitrogen and oxygen atoms in total. The third-order valence-corrected chi connectivity index (χ3v) is 5.32. The maximum absolute atomic E-state index is 11.3. The van der Waals surface area contributed by atoms with Gasteiger partial charge in [-0.3, -0.25) is 4.79 Å². The second kappa shape index (κ2) is 9.50. The largest absolute Gasteiger partial charge is 0.475 e. The van der Waals surface area contributed by atoms with Crippen molar-refractivity contribution in [2.24, 2.45) is 5.73 Å². The van der Waals surface area contributed by atoms with Gasteiger partial charge in [0.05, 0.1) is 28.0 Å². The molecule has 152 valence electrons.